The molecule has 0 saturated heterocycles. The van der Waals surface area contributed by atoms with Crippen molar-refractivity contribution in [3.63, 3.8) is 0 Å². The van der Waals surface area contributed by atoms with Crippen LogP contribution < -0.4 is 0 Å². The average molecular weight is 157 g/mol. The van der Waals surface area contributed by atoms with Crippen molar-refractivity contribution in [1.82, 2.24) is 0 Å². The third-order valence-corrected chi connectivity index (χ3v) is 1.74. The van der Waals surface area contributed by atoms with Gasteiger partial charge in [0.05, 0.1) is 12.8 Å². The van der Waals surface area contributed by atoms with Crippen LogP contribution in [0.15, 0.2) is 5.16 Å². The van der Waals surface area contributed by atoms with Gasteiger partial charge in [-0.05, 0) is 13.8 Å². The van der Waals surface area contributed by atoms with Gasteiger partial charge in [-0.3, -0.25) is 4.79 Å². The summed E-state index contributed by atoms with van der Waals surface area (Å²) in [6, 6.07) is 0. The lowest BCUT2D eigenvalue weighted by atomic mass is 10.0. The number of oxime groups is 1. The zero-order chi connectivity index (χ0) is 8.43. The minimum Gasteiger partial charge on any atom is -0.468 e. The molecule has 0 spiro atoms. The molecule has 0 amide bonds. The maximum atomic E-state index is 11.1. The molecule has 0 aromatic carbocycles. The van der Waals surface area contributed by atoms with Gasteiger partial charge in [0.1, 0.15) is 12.0 Å². The number of hydrogen-bond donors (Lipinski definition) is 0. The van der Waals surface area contributed by atoms with Gasteiger partial charge < -0.3 is 9.57 Å². The second-order valence-electron chi connectivity index (χ2n) is 2.54. The highest BCUT2D eigenvalue weighted by Crippen LogP contribution is 2.18. The van der Waals surface area contributed by atoms with E-state index in [0.717, 1.165) is 0 Å². The molecule has 62 valence electrons. The number of hydrogen-bond acceptors (Lipinski definition) is 4. The number of ether oxygens (including phenoxy) is 1. The third kappa shape index (κ3) is 1.34. The molecule has 0 aromatic heterocycles. The molecule has 2 unspecified atom stereocenters. The van der Waals surface area contributed by atoms with Gasteiger partial charge in [-0.25, -0.2) is 0 Å². The number of nitrogens with zero attached hydrogens (tertiary/aromatic N) is 1. The minimum absolute atomic E-state index is 0.192. The van der Waals surface area contributed by atoms with E-state index in [-0.39, 0.29) is 18.0 Å². The van der Waals surface area contributed by atoms with Gasteiger partial charge in [-0.15, -0.1) is 0 Å². The molecule has 4 nitrogen and oxygen atoms in total. The van der Waals surface area contributed by atoms with Crippen LogP contribution in [0, 0.1) is 5.92 Å². The average Bonchev–Trinajstić information content (AvgIpc) is 2.30. The van der Waals surface area contributed by atoms with Gasteiger partial charge in [0, 0.05) is 0 Å². The second kappa shape index (κ2) is 2.90. The molecule has 0 aliphatic carbocycles. The van der Waals surface area contributed by atoms with Crippen LogP contribution in [0.2, 0.25) is 0 Å². The Labute approximate surface area is 65.2 Å². The maximum Gasteiger partial charge on any atom is 0.318 e. The van der Waals surface area contributed by atoms with Gasteiger partial charge in [0.15, 0.2) is 0 Å². The Morgan fingerprint density at radius 1 is 1.73 bits per heavy atom. The third-order valence-electron chi connectivity index (χ3n) is 1.74. The first-order chi connectivity index (χ1) is 5.16. The molecule has 0 fully saturated rings. The Bertz CT molecular complexity index is 200. The van der Waals surface area contributed by atoms with Crippen LogP contribution in [0.1, 0.15) is 13.8 Å². The van der Waals surface area contributed by atoms with Crippen molar-refractivity contribution in [2.24, 2.45) is 11.1 Å². The van der Waals surface area contributed by atoms with Crippen LogP contribution in [-0.2, 0) is 14.4 Å². The molecule has 1 heterocycles. The molecule has 4 heteroatoms. The summed E-state index contributed by atoms with van der Waals surface area (Å²) in [5.41, 5.74) is 0.685. The fourth-order valence-electron chi connectivity index (χ4n) is 1.11. The van der Waals surface area contributed by atoms with E-state index in [1.807, 2.05) is 0 Å². The lowest BCUT2D eigenvalue weighted by Crippen LogP contribution is -2.28. The Morgan fingerprint density at radius 3 is 2.73 bits per heavy atom. The SMILES string of the molecule is COC(=O)C1C(C)=NOC1C. The summed E-state index contributed by atoms with van der Waals surface area (Å²) < 4.78 is 4.58. The Balaban J connectivity index is 2.70. The molecule has 0 aromatic rings. The normalized spacial score (nSPS) is 29.2. The predicted molar refractivity (Wildman–Crippen MR) is 39.2 cm³/mol. The Hall–Kier alpha value is -1.06. The first-order valence-corrected chi connectivity index (χ1v) is 3.45. The van der Waals surface area contributed by atoms with Gasteiger partial charge in [-0.2, -0.15) is 0 Å². The molecule has 0 saturated carbocycles. The fourth-order valence-corrected chi connectivity index (χ4v) is 1.11. The number of esters is 1. The summed E-state index contributed by atoms with van der Waals surface area (Å²) >= 11 is 0. The van der Waals surface area contributed by atoms with E-state index >= 15 is 0 Å². The minimum atomic E-state index is -0.319. The number of methoxy groups -OCH3 is 1. The molecule has 11 heavy (non-hydrogen) atoms. The molecule has 1 rings (SSSR count). The van der Waals surface area contributed by atoms with Crippen molar-refractivity contribution in [2.45, 2.75) is 20.0 Å². The molecule has 2 atom stereocenters. The quantitative estimate of drug-likeness (QED) is 0.523. The maximum absolute atomic E-state index is 11.1. The van der Waals surface area contributed by atoms with Crippen molar-refractivity contribution >= 4 is 11.7 Å². The van der Waals surface area contributed by atoms with Crippen molar-refractivity contribution in [3.8, 4) is 0 Å². The first kappa shape index (κ1) is 8.04. The fraction of sp³-hybridized carbons (Fsp3) is 0.714. The molecule has 1 aliphatic rings. The van der Waals surface area contributed by atoms with Gasteiger partial charge in [-0.1, -0.05) is 5.16 Å². The summed E-state index contributed by atoms with van der Waals surface area (Å²) in [5.74, 6) is -0.601. The summed E-state index contributed by atoms with van der Waals surface area (Å²) in [7, 11) is 1.36. The molecule has 0 radical (unpaired) electrons. The van der Waals surface area contributed by atoms with Crippen LogP contribution in [0.25, 0.3) is 0 Å². The molecule has 0 bridgehead atoms. The van der Waals surface area contributed by atoms with Gasteiger partial charge in [0.2, 0.25) is 0 Å². The monoisotopic (exact) mass is 157 g/mol. The summed E-state index contributed by atoms with van der Waals surface area (Å²) in [6.07, 6.45) is -0.192. The van der Waals surface area contributed by atoms with Crippen molar-refractivity contribution in [3.05, 3.63) is 0 Å². The molecular formula is C7H11NO3. The number of carbonyl (C=O) groups excluding carboxylic acids is 1. The van der Waals surface area contributed by atoms with E-state index in [2.05, 4.69) is 9.89 Å². The van der Waals surface area contributed by atoms with E-state index in [4.69, 9.17) is 4.84 Å². The summed E-state index contributed by atoms with van der Waals surface area (Å²) in [4.78, 5) is 15.9. The highest BCUT2D eigenvalue weighted by Gasteiger charge is 2.35. The van der Waals surface area contributed by atoms with E-state index in [1.165, 1.54) is 7.11 Å². The highest BCUT2D eigenvalue weighted by atomic mass is 16.6. The Kier molecular flexibility index (Phi) is 2.12. The topological polar surface area (TPSA) is 47.9 Å². The summed E-state index contributed by atoms with van der Waals surface area (Å²) in [6.45, 7) is 3.55. The smallest absolute Gasteiger partial charge is 0.318 e. The van der Waals surface area contributed by atoms with Crippen LogP contribution in [0.3, 0.4) is 0 Å². The van der Waals surface area contributed by atoms with Crippen LogP contribution >= 0.6 is 0 Å². The van der Waals surface area contributed by atoms with E-state index in [0.29, 0.717) is 5.71 Å². The van der Waals surface area contributed by atoms with E-state index in [1.54, 1.807) is 13.8 Å². The van der Waals surface area contributed by atoms with E-state index in [9.17, 15) is 4.79 Å². The zero-order valence-electron chi connectivity index (χ0n) is 6.83. The summed E-state index contributed by atoms with van der Waals surface area (Å²) in [5, 5.41) is 3.68. The van der Waals surface area contributed by atoms with Crippen LogP contribution in [-0.4, -0.2) is 24.9 Å². The van der Waals surface area contributed by atoms with E-state index < -0.39 is 0 Å². The van der Waals surface area contributed by atoms with Crippen LogP contribution in [0.5, 0.6) is 0 Å². The zero-order valence-corrected chi connectivity index (χ0v) is 6.83. The Morgan fingerprint density at radius 2 is 2.36 bits per heavy atom. The van der Waals surface area contributed by atoms with Crippen LogP contribution in [0.4, 0.5) is 0 Å². The number of rotatable bonds is 1. The number of carbonyl (C=O) groups is 1. The molecule has 0 N–H and O–H groups in total. The van der Waals surface area contributed by atoms with Crippen molar-refractivity contribution in [2.75, 3.05) is 7.11 Å². The molecule has 1 aliphatic heterocycles. The second-order valence-corrected chi connectivity index (χ2v) is 2.54. The molecular weight excluding hydrogens is 146 g/mol. The predicted octanol–water partition coefficient (Wildman–Crippen LogP) is 0.570. The van der Waals surface area contributed by atoms with Crippen molar-refractivity contribution in [1.29, 1.82) is 0 Å². The van der Waals surface area contributed by atoms with Gasteiger partial charge >= 0.3 is 5.97 Å². The van der Waals surface area contributed by atoms with Crippen molar-refractivity contribution < 1.29 is 14.4 Å². The standard InChI is InChI=1S/C7H11NO3/c1-4-6(7(9)10-3)5(2)11-8-4/h5-6H,1-3H3. The van der Waals surface area contributed by atoms with Gasteiger partial charge in [0.25, 0.3) is 0 Å². The largest absolute Gasteiger partial charge is 0.468 e. The lowest BCUT2D eigenvalue weighted by molar-refractivity contribution is -0.145. The first-order valence-electron chi connectivity index (χ1n) is 3.45. The lowest BCUT2D eigenvalue weighted by Gasteiger charge is -2.09. The highest BCUT2D eigenvalue weighted by molar-refractivity contribution is 6.02.